The van der Waals surface area contributed by atoms with Crippen molar-refractivity contribution in [2.45, 2.75) is 51.0 Å². The maximum atomic E-state index is 6.42. The first kappa shape index (κ1) is 19.4. The maximum Gasteiger partial charge on any atom is 0.130 e. The minimum Gasteiger partial charge on any atom is -0.490 e. The van der Waals surface area contributed by atoms with Crippen molar-refractivity contribution < 1.29 is 4.74 Å². The second-order valence-electron chi connectivity index (χ2n) is 8.28. The Morgan fingerprint density at radius 3 is 2.73 bits per heavy atom. The normalized spacial score (nSPS) is 20.5. The standard InChI is InChI=1S/C25H26ClN3O/c1-2-19(25-28-22-12-9-17(26)15-23(22)29-25)16-7-10-18(11-8-16)30-24-13-14-27-21-6-4-3-5-20(21)24/h3-6,9,12-16,18-19H,2,7-8,10-11H2,1H3,(H,28,29)/t16?,18?,19-/m0/s1. The summed E-state index contributed by atoms with van der Waals surface area (Å²) >= 11 is 6.14. The Morgan fingerprint density at radius 2 is 1.90 bits per heavy atom. The number of H-pyrrole nitrogens is 1. The Hall–Kier alpha value is -2.59. The lowest BCUT2D eigenvalue weighted by Crippen LogP contribution is -2.27. The number of rotatable bonds is 5. The summed E-state index contributed by atoms with van der Waals surface area (Å²) in [6, 6.07) is 16.0. The van der Waals surface area contributed by atoms with Crippen molar-refractivity contribution in [1.82, 2.24) is 15.0 Å². The van der Waals surface area contributed by atoms with E-state index in [4.69, 9.17) is 21.3 Å². The second-order valence-corrected chi connectivity index (χ2v) is 8.72. The first-order valence-corrected chi connectivity index (χ1v) is 11.2. The van der Waals surface area contributed by atoms with Gasteiger partial charge in [-0.3, -0.25) is 4.98 Å². The molecule has 2 aromatic carbocycles. The van der Waals surface area contributed by atoms with Crippen LogP contribution in [0.15, 0.2) is 54.7 Å². The average Bonchev–Trinajstić information content (AvgIpc) is 3.18. The van der Waals surface area contributed by atoms with Crippen LogP contribution in [-0.4, -0.2) is 21.1 Å². The molecule has 0 spiro atoms. The molecule has 0 amide bonds. The van der Waals surface area contributed by atoms with E-state index in [-0.39, 0.29) is 6.10 Å². The molecule has 154 valence electrons. The topological polar surface area (TPSA) is 50.8 Å². The zero-order valence-electron chi connectivity index (χ0n) is 17.1. The van der Waals surface area contributed by atoms with Gasteiger partial charge in [-0.15, -0.1) is 0 Å². The number of aromatic nitrogens is 3. The van der Waals surface area contributed by atoms with E-state index in [0.717, 1.165) is 70.6 Å². The van der Waals surface area contributed by atoms with Crippen LogP contribution in [-0.2, 0) is 0 Å². The fraction of sp³-hybridized carbons (Fsp3) is 0.360. The summed E-state index contributed by atoms with van der Waals surface area (Å²) in [5, 5.41) is 1.83. The third-order valence-corrected chi connectivity index (χ3v) is 6.68. The molecule has 0 bridgehead atoms. The lowest BCUT2D eigenvalue weighted by molar-refractivity contribution is 0.122. The van der Waals surface area contributed by atoms with Gasteiger partial charge in [-0.05, 0) is 74.4 Å². The third kappa shape index (κ3) is 3.77. The van der Waals surface area contributed by atoms with Crippen molar-refractivity contribution in [3.63, 3.8) is 0 Å². The van der Waals surface area contributed by atoms with Crippen LogP contribution in [0.3, 0.4) is 0 Å². The van der Waals surface area contributed by atoms with Crippen LogP contribution < -0.4 is 4.74 Å². The van der Waals surface area contributed by atoms with Crippen LogP contribution in [0.25, 0.3) is 21.9 Å². The van der Waals surface area contributed by atoms with Crippen LogP contribution in [0.1, 0.15) is 50.8 Å². The van der Waals surface area contributed by atoms with Crippen molar-refractivity contribution >= 4 is 33.5 Å². The largest absolute Gasteiger partial charge is 0.490 e. The van der Waals surface area contributed by atoms with Gasteiger partial charge >= 0.3 is 0 Å². The van der Waals surface area contributed by atoms with Crippen molar-refractivity contribution in [2.75, 3.05) is 0 Å². The molecule has 0 radical (unpaired) electrons. The Kier molecular flexibility index (Phi) is 5.34. The Morgan fingerprint density at radius 1 is 1.07 bits per heavy atom. The van der Waals surface area contributed by atoms with E-state index >= 15 is 0 Å². The number of benzene rings is 2. The highest BCUT2D eigenvalue weighted by atomic mass is 35.5. The summed E-state index contributed by atoms with van der Waals surface area (Å²) in [6.45, 7) is 2.26. The van der Waals surface area contributed by atoms with E-state index in [0.29, 0.717) is 11.8 Å². The van der Waals surface area contributed by atoms with Gasteiger partial charge in [-0.25, -0.2) is 4.98 Å². The van der Waals surface area contributed by atoms with Crippen molar-refractivity contribution in [1.29, 1.82) is 0 Å². The van der Waals surface area contributed by atoms with Crippen molar-refractivity contribution in [2.24, 2.45) is 5.92 Å². The molecule has 1 saturated carbocycles. The van der Waals surface area contributed by atoms with Gasteiger partial charge in [-0.2, -0.15) is 0 Å². The summed E-state index contributed by atoms with van der Waals surface area (Å²) in [4.78, 5) is 12.8. The number of aromatic amines is 1. The van der Waals surface area contributed by atoms with Gasteiger partial charge in [0, 0.05) is 22.5 Å². The van der Waals surface area contributed by atoms with E-state index < -0.39 is 0 Å². The molecule has 5 heteroatoms. The monoisotopic (exact) mass is 419 g/mol. The number of fused-ring (bicyclic) bond motifs is 2. The highest BCUT2D eigenvalue weighted by Crippen LogP contribution is 2.39. The first-order valence-electron chi connectivity index (χ1n) is 10.9. The number of halogens is 1. The lowest BCUT2D eigenvalue weighted by atomic mass is 9.77. The Balaban J connectivity index is 1.28. The quantitative estimate of drug-likeness (QED) is 0.383. The smallest absolute Gasteiger partial charge is 0.130 e. The number of hydrogen-bond acceptors (Lipinski definition) is 3. The molecule has 1 aliphatic carbocycles. The molecule has 1 aliphatic rings. The molecule has 2 heterocycles. The second kappa shape index (κ2) is 8.27. The van der Waals surface area contributed by atoms with E-state index in [2.05, 4.69) is 23.0 Å². The fourth-order valence-electron chi connectivity index (χ4n) is 4.89. The number of nitrogens with one attached hydrogen (secondary N) is 1. The average molecular weight is 420 g/mol. The zero-order chi connectivity index (χ0) is 20.5. The molecule has 1 fully saturated rings. The zero-order valence-corrected chi connectivity index (χ0v) is 17.9. The molecule has 0 saturated heterocycles. The van der Waals surface area contributed by atoms with Crippen LogP contribution in [0.2, 0.25) is 5.02 Å². The molecule has 4 aromatic rings. The van der Waals surface area contributed by atoms with Crippen LogP contribution in [0, 0.1) is 5.92 Å². The molecule has 0 unspecified atom stereocenters. The van der Waals surface area contributed by atoms with E-state index in [1.807, 2.05) is 48.7 Å². The predicted octanol–water partition coefficient (Wildman–Crippen LogP) is 6.90. The Bertz CT molecular complexity index is 1160. The minimum atomic E-state index is 0.263. The summed E-state index contributed by atoms with van der Waals surface area (Å²) < 4.78 is 6.42. The molecule has 1 atom stereocenters. The Labute approximate surface area is 181 Å². The molecule has 0 aliphatic heterocycles. The van der Waals surface area contributed by atoms with E-state index in [1.54, 1.807) is 0 Å². The molecule has 30 heavy (non-hydrogen) atoms. The lowest BCUT2D eigenvalue weighted by Gasteiger charge is -2.33. The van der Waals surface area contributed by atoms with Gasteiger partial charge < -0.3 is 9.72 Å². The molecule has 1 N–H and O–H groups in total. The van der Waals surface area contributed by atoms with Gasteiger partial charge in [0.05, 0.1) is 22.7 Å². The van der Waals surface area contributed by atoms with Crippen molar-refractivity contribution in [3.05, 3.63) is 65.6 Å². The predicted molar refractivity (Wildman–Crippen MR) is 122 cm³/mol. The fourth-order valence-corrected chi connectivity index (χ4v) is 5.06. The molecular formula is C25H26ClN3O. The van der Waals surface area contributed by atoms with Gasteiger partial charge in [-0.1, -0.05) is 30.7 Å². The first-order chi connectivity index (χ1) is 14.7. The summed E-state index contributed by atoms with van der Waals surface area (Å²) in [5.74, 6) is 3.11. The number of hydrogen-bond donors (Lipinski definition) is 1. The van der Waals surface area contributed by atoms with Crippen molar-refractivity contribution in [3.8, 4) is 5.75 Å². The molecule has 4 nitrogen and oxygen atoms in total. The van der Waals surface area contributed by atoms with Gasteiger partial charge in [0.25, 0.3) is 0 Å². The van der Waals surface area contributed by atoms with E-state index in [1.165, 1.54) is 0 Å². The van der Waals surface area contributed by atoms with E-state index in [9.17, 15) is 0 Å². The van der Waals surface area contributed by atoms with Crippen LogP contribution >= 0.6 is 11.6 Å². The number of pyridine rings is 1. The molecular weight excluding hydrogens is 394 g/mol. The molecule has 5 rings (SSSR count). The SMILES string of the molecule is CC[C@H](c1nc2ccc(Cl)cc2[nH]1)C1CCC(Oc2ccnc3ccccc23)CC1. The van der Waals surface area contributed by atoms with Crippen LogP contribution in [0.4, 0.5) is 0 Å². The summed E-state index contributed by atoms with van der Waals surface area (Å²) in [6.07, 6.45) is 7.64. The highest BCUT2D eigenvalue weighted by Gasteiger charge is 2.30. The summed E-state index contributed by atoms with van der Waals surface area (Å²) in [7, 11) is 0. The summed E-state index contributed by atoms with van der Waals surface area (Å²) in [5.41, 5.74) is 3.01. The van der Waals surface area contributed by atoms with Gasteiger partial charge in [0.1, 0.15) is 11.6 Å². The highest BCUT2D eigenvalue weighted by molar-refractivity contribution is 6.31. The number of ether oxygens (including phenoxy) is 1. The number of imidazole rings is 1. The third-order valence-electron chi connectivity index (χ3n) is 6.44. The van der Waals surface area contributed by atoms with Gasteiger partial charge in [0.15, 0.2) is 0 Å². The minimum absolute atomic E-state index is 0.263. The number of nitrogens with zero attached hydrogens (tertiary/aromatic N) is 2. The van der Waals surface area contributed by atoms with Gasteiger partial charge in [0.2, 0.25) is 0 Å². The van der Waals surface area contributed by atoms with Crippen LogP contribution in [0.5, 0.6) is 5.75 Å². The number of para-hydroxylation sites is 1. The molecule has 2 aromatic heterocycles. The maximum absolute atomic E-state index is 6.42.